The van der Waals surface area contributed by atoms with E-state index in [1.54, 1.807) is 12.1 Å². The molecule has 2 heteroatoms. The van der Waals surface area contributed by atoms with Crippen molar-refractivity contribution in [1.82, 2.24) is 0 Å². The van der Waals surface area contributed by atoms with E-state index in [2.05, 4.69) is 12.3 Å². The van der Waals surface area contributed by atoms with Crippen LogP contribution in [-0.2, 0) is 0 Å². The highest BCUT2D eigenvalue weighted by molar-refractivity contribution is 5.20. The van der Waals surface area contributed by atoms with Crippen LogP contribution in [0.15, 0.2) is 42.7 Å². The molecule has 1 aromatic rings. The van der Waals surface area contributed by atoms with E-state index < -0.39 is 0 Å². The largest absolute Gasteiger partial charge is 0.324 e. The van der Waals surface area contributed by atoms with Crippen molar-refractivity contribution in [3.8, 4) is 0 Å². The topological polar surface area (TPSA) is 26.0 Å². The third-order valence-electron chi connectivity index (χ3n) is 2.31. The van der Waals surface area contributed by atoms with Crippen LogP contribution in [0, 0.1) is 5.82 Å². The van der Waals surface area contributed by atoms with Gasteiger partial charge in [0.2, 0.25) is 0 Å². The van der Waals surface area contributed by atoms with Crippen molar-refractivity contribution in [2.45, 2.75) is 25.3 Å². The fraction of sp³-hybridized carbons (Fsp3) is 0.308. The summed E-state index contributed by atoms with van der Waals surface area (Å²) in [6.45, 7) is 3.48. The van der Waals surface area contributed by atoms with Gasteiger partial charge in [-0.25, -0.2) is 4.39 Å². The molecule has 2 N–H and O–H groups in total. The van der Waals surface area contributed by atoms with Crippen LogP contribution in [0.4, 0.5) is 4.39 Å². The van der Waals surface area contributed by atoms with E-state index in [9.17, 15) is 4.39 Å². The smallest absolute Gasteiger partial charge is 0.127 e. The van der Waals surface area contributed by atoms with Gasteiger partial charge in [0.15, 0.2) is 0 Å². The van der Waals surface area contributed by atoms with Crippen molar-refractivity contribution in [2.75, 3.05) is 0 Å². The van der Waals surface area contributed by atoms with Gasteiger partial charge in [-0.2, -0.15) is 0 Å². The van der Waals surface area contributed by atoms with E-state index in [0.717, 1.165) is 19.3 Å². The Morgan fingerprint density at radius 3 is 2.87 bits per heavy atom. The highest BCUT2D eigenvalue weighted by Crippen LogP contribution is 2.19. The number of allylic oxidation sites excluding steroid dienone is 1. The molecule has 0 saturated heterocycles. The van der Waals surface area contributed by atoms with Crippen LogP contribution in [0.3, 0.4) is 0 Å². The quantitative estimate of drug-likeness (QED) is 0.579. The summed E-state index contributed by atoms with van der Waals surface area (Å²) < 4.78 is 13.3. The van der Waals surface area contributed by atoms with Gasteiger partial charge in [-0.1, -0.05) is 24.8 Å². The number of rotatable bonds is 5. The Morgan fingerprint density at radius 2 is 2.20 bits per heavy atom. The monoisotopic (exact) mass is 205 g/mol. The minimum Gasteiger partial charge on any atom is -0.324 e. The molecule has 0 fully saturated rings. The van der Waals surface area contributed by atoms with Gasteiger partial charge in [0.05, 0.1) is 0 Å². The van der Waals surface area contributed by atoms with Crippen LogP contribution < -0.4 is 5.73 Å². The molecule has 0 aliphatic rings. The van der Waals surface area contributed by atoms with Crippen LogP contribution in [0.2, 0.25) is 0 Å². The Labute approximate surface area is 90.1 Å². The Hall–Kier alpha value is -1.37. The fourth-order valence-corrected chi connectivity index (χ4v) is 1.47. The zero-order chi connectivity index (χ0) is 11.1. The highest BCUT2D eigenvalue weighted by atomic mass is 19.1. The second kappa shape index (κ2) is 6.18. The van der Waals surface area contributed by atoms with Gasteiger partial charge in [0, 0.05) is 11.6 Å². The second-order valence-electron chi connectivity index (χ2n) is 3.47. The molecule has 15 heavy (non-hydrogen) atoms. The van der Waals surface area contributed by atoms with Gasteiger partial charge >= 0.3 is 0 Å². The summed E-state index contributed by atoms with van der Waals surface area (Å²) in [5.41, 5.74) is 9.19. The third-order valence-corrected chi connectivity index (χ3v) is 2.31. The summed E-state index contributed by atoms with van der Waals surface area (Å²) in [7, 11) is 0. The van der Waals surface area contributed by atoms with E-state index in [0.29, 0.717) is 5.56 Å². The first-order valence-electron chi connectivity index (χ1n) is 5.10. The summed E-state index contributed by atoms with van der Waals surface area (Å²) in [5.74, 6) is -0.218. The SMILES string of the molecule is C=C=CCCC[C@H](N)c1ccccc1F. The lowest BCUT2D eigenvalue weighted by Gasteiger charge is -2.11. The Morgan fingerprint density at radius 1 is 1.47 bits per heavy atom. The summed E-state index contributed by atoms with van der Waals surface area (Å²) in [5, 5.41) is 0. The van der Waals surface area contributed by atoms with E-state index in [1.807, 2.05) is 12.1 Å². The molecule has 0 spiro atoms. The second-order valence-corrected chi connectivity index (χ2v) is 3.47. The van der Waals surface area contributed by atoms with E-state index in [1.165, 1.54) is 6.07 Å². The molecule has 80 valence electrons. The molecular weight excluding hydrogens is 189 g/mol. The van der Waals surface area contributed by atoms with Gasteiger partial charge in [0.1, 0.15) is 5.82 Å². The maximum Gasteiger partial charge on any atom is 0.127 e. The van der Waals surface area contributed by atoms with Gasteiger partial charge in [-0.05, 0) is 31.4 Å². The Bertz CT molecular complexity index is 353. The highest BCUT2D eigenvalue weighted by Gasteiger charge is 2.09. The third kappa shape index (κ3) is 3.70. The summed E-state index contributed by atoms with van der Waals surface area (Å²) in [4.78, 5) is 0. The summed E-state index contributed by atoms with van der Waals surface area (Å²) >= 11 is 0. The minimum atomic E-state index is -0.218. The molecular formula is C13H16FN. The molecule has 1 atom stereocenters. The van der Waals surface area contributed by atoms with Crippen LogP contribution in [-0.4, -0.2) is 0 Å². The van der Waals surface area contributed by atoms with Gasteiger partial charge in [0.25, 0.3) is 0 Å². The lowest BCUT2D eigenvalue weighted by Crippen LogP contribution is -2.11. The van der Waals surface area contributed by atoms with Crippen molar-refractivity contribution in [3.63, 3.8) is 0 Å². The first-order chi connectivity index (χ1) is 7.25. The van der Waals surface area contributed by atoms with Gasteiger partial charge in [-0.3, -0.25) is 0 Å². The van der Waals surface area contributed by atoms with Crippen LogP contribution >= 0.6 is 0 Å². The molecule has 0 radical (unpaired) electrons. The van der Waals surface area contributed by atoms with Crippen LogP contribution in [0.25, 0.3) is 0 Å². The molecule has 1 rings (SSSR count). The lowest BCUT2D eigenvalue weighted by atomic mass is 10.0. The van der Waals surface area contributed by atoms with Crippen molar-refractivity contribution >= 4 is 0 Å². The number of hydrogen-bond donors (Lipinski definition) is 1. The zero-order valence-corrected chi connectivity index (χ0v) is 8.75. The average molecular weight is 205 g/mol. The minimum absolute atomic E-state index is 0.218. The van der Waals surface area contributed by atoms with Gasteiger partial charge in [-0.15, -0.1) is 5.73 Å². The first-order valence-corrected chi connectivity index (χ1v) is 5.10. The normalized spacial score (nSPS) is 11.9. The molecule has 0 unspecified atom stereocenters. The molecule has 1 aromatic carbocycles. The predicted octanol–water partition coefficient (Wildman–Crippen LogP) is 3.34. The maximum atomic E-state index is 13.3. The molecule has 1 nitrogen and oxygen atoms in total. The maximum absolute atomic E-state index is 13.3. The van der Waals surface area contributed by atoms with Crippen molar-refractivity contribution in [2.24, 2.45) is 5.73 Å². The number of unbranched alkanes of at least 4 members (excludes halogenated alkanes) is 1. The number of hydrogen-bond acceptors (Lipinski definition) is 1. The van der Waals surface area contributed by atoms with Crippen molar-refractivity contribution in [1.29, 1.82) is 0 Å². The Kier molecular flexibility index (Phi) is 4.82. The number of benzene rings is 1. The molecule has 0 heterocycles. The predicted molar refractivity (Wildman–Crippen MR) is 60.9 cm³/mol. The van der Waals surface area contributed by atoms with E-state index >= 15 is 0 Å². The van der Waals surface area contributed by atoms with Crippen molar-refractivity contribution in [3.05, 3.63) is 54.0 Å². The van der Waals surface area contributed by atoms with Crippen LogP contribution in [0.1, 0.15) is 30.9 Å². The molecule has 0 saturated carbocycles. The van der Waals surface area contributed by atoms with E-state index in [4.69, 9.17) is 5.73 Å². The molecule has 0 bridgehead atoms. The van der Waals surface area contributed by atoms with Crippen molar-refractivity contribution < 1.29 is 4.39 Å². The number of halogens is 1. The van der Waals surface area contributed by atoms with Gasteiger partial charge < -0.3 is 5.73 Å². The standard InChI is InChI=1S/C13H16FN/c1-2-3-4-5-10-13(15)11-8-6-7-9-12(11)14/h3,6-9,13H,1,4-5,10,15H2/t13-/m0/s1. The average Bonchev–Trinajstić information content (AvgIpc) is 2.25. The van der Waals surface area contributed by atoms with Crippen LogP contribution in [0.5, 0.6) is 0 Å². The molecule has 0 aliphatic carbocycles. The first kappa shape index (κ1) is 11.7. The summed E-state index contributed by atoms with van der Waals surface area (Å²) in [6.07, 6.45) is 4.47. The molecule has 0 aliphatic heterocycles. The summed E-state index contributed by atoms with van der Waals surface area (Å²) in [6, 6.07) is 6.44. The fourth-order valence-electron chi connectivity index (χ4n) is 1.47. The molecule has 0 aromatic heterocycles. The molecule has 0 amide bonds. The Balaban J connectivity index is 2.50. The number of nitrogens with two attached hydrogens (primary N) is 1. The van der Waals surface area contributed by atoms with E-state index in [-0.39, 0.29) is 11.9 Å². The zero-order valence-electron chi connectivity index (χ0n) is 8.75. The lowest BCUT2D eigenvalue weighted by molar-refractivity contribution is 0.553.